The van der Waals surface area contributed by atoms with E-state index in [-0.39, 0.29) is 0 Å². The average molecular weight is 386 g/mol. The number of rotatable bonds is 4. The highest BCUT2D eigenvalue weighted by molar-refractivity contribution is 5.87. The van der Waals surface area contributed by atoms with E-state index in [9.17, 15) is 4.39 Å². The molecule has 146 valence electrons. The lowest BCUT2D eigenvalue weighted by Crippen LogP contribution is -2.08. The van der Waals surface area contributed by atoms with Gasteiger partial charge in [-0.25, -0.2) is 4.39 Å². The summed E-state index contributed by atoms with van der Waals surface area (Å²) >= 11 is 0. The van der Waals surface area contributed by atoms with Crippen molar-refractivity contribution < 1.29 is 4.39 Å². The summed E-state index contributed by atoms with van der Waals surface area (Å²) in [6.45, 7) is 2.78. The molecule has 1 saturated carbocycles. The average Bonchev–Trinajstić information content (AvgIpc) is 3.36. The van der Waals surface area contributed by atoms with Crippen molar-refractivity contribution in [3.05, 3.63) is 66.7 Å². The maximum Gasteiger partial charge on any atom is 0.100 e. The number of fused-ring (bicyclic) bond motifs is 1. The molecule has 3 heterocycles. The molecule has 0 unspecified atom stereocenters. The number of pyridine rings is 2. The third kappa shape index (κ3) is 3.65. The summed E-state index contributed by atoms with van der Waals surface area (Å²) in [6.07, 6.45) is 7.38. The maximum absolute atomic E-state index is 13.5. The highest BCUT2D eigenvalue weighted by Crippen LogP contribution is 2.33. The summed E-state index contributed by atoms with van der Waals surface area (Å²) in [7, 11) is 0. The largest absolute Gasteiger partial charge is 0.272 e. The first-order chi connectivity index (χ1) is 14.2. The lowest BCUT2D eigenvalue weighted by atomic mass is 10.00. The second-order valence-corrected chi connectivity index (χ2v) is 7.99. The number of benzene rings is 1. The van der Waals surface area contributed by atoms with Crippen molar-refractivity contribution in [3.63, 3.8) is 0 Å². The molecule has 1 aromatic carbocycles. The van der Waals surface area contributed by atoms with Gasteiger partial charge in [-0.15, -0.1) is 0 Å². The third-order valence-corrected chi connectivity index (χ3v) is 5.78. The quantitative estimate of drug-likeness (QED) is 0.458. The number of hydrogen-bond acceptors (Lipinski definition) is 3. The zero-order chi connectivity index (χ0) is 19.8. The summed E-state index contributed by atoms with van der Waals surface area (Å²) in [5, 5.41) is 5.65. The SMILES string of the molecule is Cc1ccc(-c2cnn(C[C@@H]3CC[C@@H](F)C3)c2)c(-c2ccc3cccnc3c2)n1. The van der Waals surface area contributed by atoms with E-state index in [0.717, 1.165) is 51.9 Å². The Balaban J connectivity index is 1.51. The normalized spacial score (nSPS) is 19.1. The standard InChI is InChI=1S/C24H23FN4/c1-16-4-9-22(20-13-27-29(15-20)14-17-5-8-21(25)11-17)24(28-16)19-7-6-18-3-2-10-26-23(18)12-19/h2-4,6-7,9-10,12-13,15,17,21H,5,8,11,14H2,1H3/t17-,21-/m1/s1. The molecule has 1 fully saturated rings. The van der Waals surface area contributed by atoms with Crippen LogP contribution in [0.5, 0.6) is 0 Å². The predicted molar refractivity (Wildman–Crippen MR) is 113 cm³/mol. The van der Waals surface area contributed by atoms with Gasteiger partial charge in [0.25, 0.3) is 0 Å². The van der Waals surface area contributed by atoms with E-state index in [2.05, 4.69) is 46.6 Å². The number of aryl methyl sites for hydroxylation is 1. The van der Waals surface area contributed by atoms with E-state index in [1.54, 1.807) is 0 Å². The summed E-state index contributed by atoms with van der Waals surface area (Å²) in [5.41, 5.74) is 5.98. The zero-order valence-electron chi connectivity index (χ0n) is 16.4. The Labute approximate surface area is 169 Å². The topological polar surface area (TPSA) is 43.6 Å². The first kappa shape index (κ1) is 18.0. The lowest BCUT2D eigenvalue weighted by Gasteiger charge is -2.10. The van der Waals surface area contributed by atoms with Gasteiger partial charge in [0.2, 0.25) is 0 Å². The molecule has 2 atom stereocenters. The van der Waals surface area contributed by atoms with Crippen molar-refractivity contribution in [2.24, 2.45) is 5.92 Å². The summed E-state index contributed by atoms with van der Waals surface area (Å²) in [4.78, 5) is 9.32. The van der Waals surface area contributed by atoms with Gasteiger partial charge in [0.1, 0.15) is 6.17 Å². The summed E-state index contributed by atoms with van der Waals surface area (Å²) < 4.78 is 15.4. The molecule has 29 heavy (non-hydrogen) atoms. The van der Waals surface area contributed by atoms with Crippen LogP contribution < -0.4 is 0 Å². The lowest BCUT2D eigenvalue weighted by molar-refractivity contribution is 0.320. The van der Waals surface area contributed by atoms with Crippen LogP contribution in [0.2, 0.25) is 0 Å². The molecule has 1 aliphatic rings. The van der Waals surface area contributed by atoms with Crippen LogP contribution in [0.3, 0.4) is 0 Å². The number of halogens is 1. The van der Waals surface area contributed by atoms with Crippen molar-refractivity contribution in [1.82, 2.24) is 19.7 Å². The second-order valence-electron chi connectivity index (χ2n) is 7.99. The van der Waals surface area contributed by atoms with E-state index >= 15 is 0 Å². The second kappa shape index (κ2) is 7.39. The van der Waals surface area contributed by atoms with Gasteiger partial charge in [-0.3, -0.25) is 14.6 Å². The molecule has 0 spiro atoms. The van der Waals surface area contributed by atoms with E-state index in [1.165, 1.54) is 0 Å². The van der Waals surface area contributed by atoms with Crippen LogP contribution in [0.1, 0.15) is 25.0 Å². The van der Waals surface area contributed by atoms with Crippen LogP contribution in [-0.4, -0.2) is 25.9 Å². The molecular formula is C24H23FN4. The molecule has 1 aliphatic carbocycles. The van der Waals surface area contributed by atoms with Crippen molar-refractivity contribution in [2.45, 2.75) is 38.9 Å². The molecule has 4 nitrogen and oxygen atoms in total. The highest BCUT2D eigenvalue weighted by atomic mass is 19.1. The number of nitrogens with zero attached hydrogens (tertiary/aromatic N) is 4. The molecular weight excluding hydrogens is 363 g/mol. The molecule has 5 rings (SSSR count). The Morgan fingerprint density at radius 2 is 2.03 bits per heavy atom. The fraction of sp³-hybridized carbons (Fsp3) is 0.292. The van der Waals surface area contributed by atoms with Crippen LogP contribution in [-0.2, 0) is 6.54 Å². The number of hydrogen-bond donors (Lipinski definition) is 0. The van der Waals surface area contributed by atoms with E-state index in [4.69, 9.17) is 4.98 Å². The van der Waals surface area contributed by atoms with Gasteiger partial charge in [-0.05, 0) is 50.3 Å². The summed E-state index contributed by atoms with van der Waals surface area (Å²) in [5.74, 6) is 0.375. The van der Waals surface area contributed by atoms with Crippen molar-refractivity contribution >= 4 is 10.9 Å². The molecule has 0 N–H and O–H groups in total. The third-order valence-electron chi connectivity index (χ3n) is 5.78. The van der Waals surface area contributed by atoms with E-state index in [0.29, 0.717) is 18.8 Å². The minimum atomic E-state index is -0.649. The Kier molecular flexibility index (Phi) is 4.58. The van der Waals surface area contributed by atoms with Crippen LogP contribution in [0.4, 0.5) is 4.39 Å². The van der Waals surface area contributed by atoms with E-state index < -0.39 is 6.17 Å². The van der Waals surface area contributed by atoms with Gasteiger partial charge in [-0.2, -0.15) is 5.10 Å². The molecule has 0 radical (unpaired) electrons. The van der Waals surface area contributed by atoms with Crippen molar-refractivity contribution in [2.75, 3.05) is 0 Å². The van der Waals surface area contributed by atoms with Crippen molar-refractivity contribution in [1.29, 1.82) is 0 Å². The first-order valence-corrected chi connectivity index (χ1v) is 10.2. The summed E-state index contributed by atoms with van der Waals surface area (Å²) in [6, 6.07) is 14.4. The smallest absolute Gasteiger partial charge is 0.100 e. The van der Waals surface area contributed by atoms with Gasteiger partial charge in [0, 0.05) is 46.7 Å². The van der Waals surface area contributed by atoms with Gasteiger partial charge in [-0.1, -0.05) is 24.3 Å². The molecule has 5 heteroatoms. The predicted octanol–water partition coefficient (Wildman–Crippen LogP) is 5.61. The minimum absolute atomic E-state index is 0.375. The van der Waals surface area contributed by atoms with Crippen LogP contribution in [0, 0.1) is 12.8 Å². The van der Waals surface area contributed by atoms with Crippen LogP contribution in [0.15, 0.2) is 61.1 Å². The van der Waals surface area contributed by atoms with Gasteiger partial charge >= 0.3 is 0 Å². The van der Waals surface area contributed by atoms with Gasteiger partial charge in [0.15, 0.2) is 0 Å². The molecule has 3 aromatic heterocycles. The number of aromatic nitrogens is 4. The zero-order valence-corrected chi connectivity index (χ0v) is 16.4. The van der Waals surface area contributed by atoms with Gasteiger partial charge in [0.05, 0.1) is 17.4 Å². The first-order valence-electron chi connectivity index (χ1n) is 10.2. The molecule has 0 saturated heterocycles. The molecule has 0 amide bonds. The Morgan fingerprint density at radius 1 is 1.10 bits per heavy atom. The Hall–Kier alpha value is -3.08. The van der Waals surface area contributed by atoms with Crippen LogP contribution in [0.25, 0.3) is 33.3 Å². The minimum Gasteiger partial charge on any atom is -0.272 e. The molecule has 0 aliphatic heterocycles. The highest BCUT2D eigenvalue weighted by Gasteiger charge is 2.24. The van der Waals surface area contributed by atoms with Crippen molar-refractivity contribution in [3.8, 4) is 22.4 Å². The fourth-order valence-electron chi connectivity index (χ4n) is 4.27. The van der Waals surface area contributed by atoms with E-state index in [1.807, 2.05) is 36.1 Å². The maximum atomic E-state index is 13.5. The number of alkyl halides is 1. The molecule has 4 aromatic rings. The Morgan fingerprint density at radius 3 is 2.90 bits per heavy atom. The fourth-order valence-corrected chi connectivity index (χ4v) is 4.27. The monoisotopic (exact) mass is 386 g/mol. The molecule has 0 bridgehead atoms. The van der Waals surface area contributed by atoms with Crippen LogP contribution >= 0.6 is 0 Å². The Bertz CT molecular complexity index is 1170. The van der Waals surface area contributed by atoms with Gasteiger partial charge < -0.3 is 0 Å².